The molecule has 1 fully saturated rings. The summed E-state index contributed by atoms with van der Waals surface area (Å²) in [4.78, 5) is 30.3. The van der Waals surface area contributed by atoms with Crippen molar-refractivity contribution in [3.63, 3.8) is 0 Å². The summed E-state index contributed by atoms with van der Waals surface area (Å²) in [6, 6.07) is 30.4. The Hall–Kier alpha value is -4.54. The Morgan fingerprint density at radius 2 is 1.46 bits per heavy atom. The van der Waals surface area contributed by atoms with Gasteiger partial charge in [0.1, 0.15) is 16.9 Å². The van der Waals surface area contributed by atoms with Crippen molar-refractivity contribution in [1.82, 2.24) is 9.80 Å². The highest BCUT2D eigenvalue weighted by Gasteiger charge is 2.48. The summed E-state index contributed by atoms with van der Waals surface area (Å²) in [6.45, 7) is 2.83. The van der Waals surface area contributed by atoms with Gasteiger partial charge >= 0.3 is 6.09 Å². The van der Waals surface area contributed by atoms with Crippen LogP contribution in [0.3, 0.4) is 0 Å². The maximum Gasteiger partial charge on any atom is 0.415 e. The number of nitriles is 1. The molecule has 2 unspecified atom stereocenters. The molecule has 4 aromatic carbocycles. The van der Waals surface area contributed by atoms with Crippen molar-refractivity contribution in [2.24, 2.45) is 5.41 Å². The molecule has 0 radical (unpaired) electrons. The molecule has 41 heavy (non-hydrogen) atoms. The van der Waals surface area contributed by atoms with Crippen LogP contribution in [-0.2, 0) is 4.79 Å². The van der Waals surface area contributed by atoms with Crippen molar-refractivity contribution < 1.29 is 19.1 Å². The Bertz CT molecular complexity index is 1600. The van der Waals surface area contributed by atoms with E-state index < -0.39 is 17.4 Å². The molecule has 0 aliphatic carbocycles. The van der Waals surface area contributed by atoms with Crippen LogP contribution in [0.4, 0.5) is 4.79 Å². The number of carbonyl (C=O) groups excluding carboxylic acids is 2. The lowest BCUT2D eigenvalue weighted by molar-refractivity contribution is -0.140. The van der Waals surface area contributed by atoms with Gasteiger partial charge in [0.15, 0.2) is 0 Å². The van der Waals surface area contributed by atoms with E-state index in [-0.39, 0.29) is 32.1 Å². The van der Waals surface area contributed by atoms with Gasteiger partial charge in [0.25, 0.3) is 0 Å². The molecule has 8 heteroatoms. The van der Waals surface area contributed by atoms with Gasteiger partial charge in [-0.15, -0.1) is 0 Å². The highest BCUT2D eigenvalue weighted by atomic mass is 35.5. The van der Waals surface area contributed by atoms with Crippen LogP contribution in [0.15, 0.2) is 91.0 Å². The number of nitrogens with zero attached hydrogens (tertiary/aromatic N) is 3. The topological polar surface area (TPSA) is 82.9 Å². The van der Waals surface area contributed by atoms with Gasteiger partial charge in [0, 0.05) is 42.7 Å². The van der Waals surface area contributed by atoms with E-state index in [2.05, 4.69) is 6.07 Å². The Morgan fingerprint density at radius 1 is 0.854 bits per heavy atom. The van der Waals surface area contributed by atoms with Crippen molar-refractivity contribution in [2.45, 2.75) is 12.8 Å². The number of carbonyl (C=O) groups is 2. The lowest BCUT2D eigenvalue weighted by atomic mass is 9.68. The summed E-state index contributed by atoms with van der Waals surface area (Å²) < 4.78 is 11.2. The molecule has 1 heterocycles. The van der Waals surface area contributed by atoms with E-state index in [1.165, 1.54) is 0 Å². The Morgan fingerprint density at radius 3 is 2.17 bits per heavy atom. The molecule has 1 aliphatic rings. The normalized spacial score (nSPS) is 15.5. The van der Waals surface area contributed by atoms with E-state index in [1.54, 1.807) is 48.1 Å². The van der Waals surface area contributed by atoms with Crippen LogP contribution in [0.5, 0.6) is 11.5 Å². The second-order valence-electron chi connectivity index (χ2n) is 10.2. The molecule has 2 atom stereocenters. The predicted molar refractivity (Wildman–Crippen MR) is 158 cm³/mol. The van der Waals surface area contributed by atoms with E-state index in [4.69, 9.17) is 21.1 Å². The molecule has 4 aromatic rings. The van der Waals surface area contributed by atoms with E-state index in [0.717, 1.165) is 21.9 Å². The van der Waals surface area contributed by atoms with E-state index in [0.29, 0.717) is 16.5 Å². The average molecular weight is 568 g/mol. The maximum atomic E-state index is 14.3. The van der Waals surface area contributed by atoms with Crippen LogP contribution in [0, 0.1) is 16.7 Å². The minimum absolute atomic E-state index is 0.278. The first-order valence-electron chi connectivity index (χ1n) is 13.4. The minimum Gasteiger partial charge on any atom is -0.496 e. The van der Waals surface area contributed by atoms with Gasteiger partial charge in [-0.25, -0.2) is 4.79 Å². The van der Waals surface area contributed by atoms with Gasteiger partial charge in [-0.2, -0.15) is 5.26 Å². The number of piperazine rings is 1. The molecule has 0 spiro atoms. The fourth-order valence-corrected chi connectivity index (χ4v) is 5.65. The molecular weight excluding hydrogens is 538 g/mol. The van der Waals surface area contributed by atoms with Gasteiger partial charge in [0.2, 0.25) is 5.91 Å². The number of methoxy groups -OCH3 is 1. The van der Waals surface area contributed by atoms with Crippen LogP contribution >= 0.6 is 11.6 Å². The molecule has 208 valence electrons. The van der Waals surface area contributed by atoms with Crippen LogP contribution in [0.1, 0.15) is 24.0 Å². The molecule has 0 aromatic heterocycles. The monoisotopic (exact) mass is 567 g/mol. The zero-order valence-electron chi connectivity index (χ0n) is 22.9. The van der Waals surface area contributed by atoms with Gasteiger partial charge in [0.05, 0.1) is 13.2 Å². The molecule has 1 aliphatic heterocycles. The minimum atomic E-state index is -1.47. The summed E-state index contributed by atoms with van der Waals surface area (Å²) in [6.07, 6.45) is -0.495. The number of hydrogen-bond acceptors (Lipinski definition) is 5. The Balaban J connectivity index is 1.44. The van der Waals surface area contributed by atoms with Gasteiger partial charge in [-0.05, 0) is 53.6 Å². The quantitative estimate of drug-likeness (QED) is 0.265. The molecule has 0 saturated carbocycles. The third-order valence-corrected chi connectivity index (χ3v) is 7.93. The van der Waals surface area contributed by atoms with Crippen molar-refractivity contribution in [3.05, 3.63) is 107 Å². The number of ether oxygens (including phenoxy) is 2. The molecule has 2 amide bonds. The number of para-hydroxylation sites is 1. The number of benzene rings is 4. The van der Waals surface area contributed by atoms with Crippen molar-refractivity contribution >= 4 is 34.4 Å². The molecule has 7 nitrogen and oxygen atoms in total. The van der Waals surface area contributed by atoms with Crippen molar-refractivity contribution in [2.75, 3.05) is 33.3 Å². The largest absolute Gasteiger partial charge is 0.496 e. The molecular formula is C33H30ClN3O4. The third kappa shape index (κ3) is 5.57. The number of hydrogen-bond donors (Lipinski definition) is 0. The van der Waals surface area contributed by atoms with Crippen LogP contribution < -0.4 is 9.47 Å². The predicted octanol–water partition coefficient (Wildman–Crippen LogP) is 6.51. The van der Waals surface area contributed by atoms with E-state index in [9.17, 15) is 14.9 Å². The van der Waals surface area contributed by atoms with Crippen LogP contribution in [-0.4, -0.2) is 55.1 Å². The molecule has 0 bridgehead atoms. The van der Waals surface area contributed by atoms with E-state index >= 15 is 0 Å². The fraction of sp³-hybridized carbons (Fsp3) is 0.242. The van der Waals surface area contributed by atoms with Crippen LogP contribution in [0.2, 0.25) is 5.02 Å². The molecule has 1 saturated heterocycles. The highest BCUT2D eigenvalue weighted by molar-refractivity contribution is 6.30. The highest BCUT2D eigenvalue weighted by Crippen LogP contribution is 2.47. The fourth-order valence-electron chi connectivity index (χ4n) is 5.52. The first-order chi connectivity index (χ1) is 19.9. The van der Waals surface area contributed by atoms with E-state index in [1.807, 2.05) is 66.7 Å². The van der Waals surface area contributed by atoms with Crippen molar-refractivity contribution in [1.29, 1.82) is 5.26 Å². The summed E-state index contributed by atoms with van der Waals surface area (Å²) >= 11 is 5.92. The number of amides is 2. The number of rotatable bonds is 6. The Labute approximate surface area is 244 Å². The van der Waals surface area contributed by atoms with Gasteiger partial charge in [-0.1, -0.05) is 72.3 Å². The number of fused-ring (bicyclic) bond motifs is 1. The van der Waals surface area contributed by atoms with Crippen molar-refractivity contribution in [3.8, 4) is 17.6 Å². The smallest absolute Gasteiger partial charge is 0.415 e. The van der Waals surface area contributed by atoms with Gasteiger partial charge < -0.3 is 19.3 Å². The number of halogens is 1. The lowest BCUT2D eigenvalue weighted by Crippen LogP contribution is -2.55. The summed E-state index contributed by atoms with van der Waals surface area (Å²) in [5, 5.41) is 13.2. The van der Waals surface area contributed by atoms with Crippen LogP contribution in [0.25, 0.3) is 10.8 Å². The maximum absolute atomic E-state index is 14.3. The first-order valence-corrected chi connectivity index (χ1v) is 13.8. The molecule has 0 N–H and O–H groups in total. The zero-order valence-corrected chi connectivity index (χ0v) is 23.7. The summed E-state index contributed by atoms with van der Waals surface area (Å²) in [7, 11) is 1.59. The lowest BCUT2D eigenvalue weighted by Gasteiger charge is -2.40. The first kappa shape index (κ1) is 28.0. The zero-order chi connectivity index (χ0) is 29.0. The molecule has 5 rings (SSSR count). The van der Waals surface area contributed by atoms with Gasteiger partial charge in [-0.3, -0.25) is 4.79 Å². The second kappa shape index (κ2) is 11.9. The second-order valence-corrected chi connectivity index (χ2v) is 10.6. The summed E-state index contributed by atoms with van der Waals surface area (Å²) in [5.41, 5.74) is 0.161. The Kier molecular flexibility index (Phi) is 8.14. The standard InChI is InChI=1S/C33H30ClN3O4/c1-33(22-35,31(38)36-18-20-37(21-19-36)32(39)41-25-16-14-24(34)15-17-25)30(28-11-5-6-13-29(28)40-2)27-12-7-9-23-8-3-4-10-26(23)27/h3-17,30H,18-21H2,1-2H3. The average Bonchev–Trinajstić information content (AvgIpc) is 3.02. The summed E-state index contributed by atoms with van der Waals surface area (Å²) in [5.74, 6) is 0.0869. The third-order valence-electron chi connectivity index (χ3n) is 7.68. The SMILES string of the molecule is COc1ccccc1C(c1cccc2ccccc12)C(C)(C#N)C(=O)N1CCN(C(=O)Oc2ccc(Cl)cc2)CC1.